The third kappa shape index (κ3) is 4.54. The van der Waals surface area contributed by atoms with Crippen LogP contribution in [0.25, 0.3) is 22.2 Å². The monoisotopic (exact) mass is 475 g/mol. The predicted molar refractivity (Wildman–Crippen MR) is 134 cm³/mol. The molecule has 0 bridgehead atoms. The summed E-state index contributed by atoms with van der Waals surface area (Å²) >= 11 is 0. The normalized spacial score (nSPS) is 14.3. The Bertz CT molecular complexity index is 1430. The van der Waals surface area contributed by atoms with E-state index in [2.05, 4.69) is 25.2 Å². The van der Waals surface area contributed by atoms with E-state index in [4.69, 9.17) is 4.74 Å². The second kappa shape index (κ2) is 9.34. The number of ether oxygens (including phenoxy) is 1. The van der Waals surface area contributed by atoms with Gasteiger partial charge in [-0.1, -0.05) is 0 Å². The standard InChI is InChI=1S/C26H26FN5O3/c1-15-11-18(19(27)12-23(15)35-2)21-13-22(25-20(30-21)5-8-28-26(25)34)31-24-4-3-16(14-29-24)32-9-6-17(33)7-10-32/h3-5,8,11-14,17,33H,6-7,9-10H2,1-2H3,(H,28,34)(H,29,30,31). The minimum Gasteiger partial charge on any atom is -0.496 e. The zero-order valence-corrected chi connectivity index (χ0v) is 19.5. The SMILES string of the molecule is COc1cc(F)c(-c2cc(Nc3ccc(N4CCC(O)CC4)cn3)c3c(=O)[nH]ccc3n2)cc1C. The molecule has 1 aliphatic rings. The van der Waals surface area contributed by atoms with Crippen molar-refractivity contribution in [3.8, 4) is 17.0 Å². The number of methoxy groups -OCH3 is 1. The van der Waals surface area contributed by atoms with Crippen molar-refractivity contribution in [1.82, 2.24) is 15.0 Å². The molecule has 35 heavy (non-hydrogen) atoms. The summed E-state index contributed by atoms with van der Waals surface area (Å²) in [6.07, 6.45) is 4.50. The number of aromatic nitrogens is 3. The molecule has 1 fully saturated rings. The Morgan fingerprint density at radius 1 is 1.20 bits per heavy atom. The van der Waals surface area contributed by atoms with Gasteiger partial charge in [0.05, 0.1) is 47.4 Å². The summed E-state index contributed by atoms with van der Waals surface area (Å²) < 4.78 is 20.2. The number of benzene rings is 1. The van der Waals surface area contributed by atoms with Crippen molar-refractivity contribution in [1.29, 1.82) is 0 Å². The van der Waals surface area contributed by atoms with Crippen molar-refractivity contribution >= 4 is 28.1 Å². The largest absolute Gasteiger partial charge is 0.496 e. The number of anilines is 3. The Balaban J connectivity index is 1.52. The smallest absolute Gasteiger partial charge is 0.259 e. The van der Waals surface area contributed by atoms with E-state index < -0.39 is 5.82 Å². The second-order valence-electron chi connectivity index (χ2n) is 8.67. The lowest BCUT2D eigenvalue weighted by atomic mass is 10.0. The molecule has 0 atom stereocenters. The number of pyridine rings is 3. The highest BCUT2D eigenvalue weighted by molar-refractivity contribution is 5.94. The molecule has 0 saturated carbocycles. The Kier molecular flexibility index (Phi) is 6.08. The van der Waals surface area contributed by atoms with Gasteiger partial charge in [-0.15, -0.1) is 0 Å². The van der Waals surface area contributed by atoms with Gasteiger partial charge in [0.1, 0.15) is 17.4 Å². The number of nitrogens with zero attached hydrogens (tertiary/aromatic N) is 3. The summed E-state index contributed by atoms with van der Waals surface area (Å²) in [5.74, 6) is 0.525. The van der Waals surface area contributed by atoms with Crippen LogP contribution in [0.2, 0.25) is 0 Å². The third-order valence-electron chi connectivity index (χ3n) is 6.33. The van der Waals surface area contributed by atoms with Gasteiger partial charge in [0.25, 0.3) is 5.56 Å². The molecule has 1 aromatic carbocycles. The van der Waals surface area contributed by atoms with E-state index >= 15 is 0 Å². The molecule has 0 unspecified atom stereocenters. The van der Waals surface area contributed by atoms with Crippen molar-refractivity contribution in [3.63, 3.8) is 0 Å². The lowest BCUT2D eigenvalue weighted by Gasteiger charge is -2.31. The van der Waals surface area contributed by atoms with Gasteiger partial charge in [0.2, 0.25) is 0 Å². The number of hydrogen-bond acceptors (Lipinski definition) is 7. The Hall–Kier alpha value is -3.98. The molecular formula is C26H26FN5O3. The average molecular weight is 476 g/mol. The number of halogens is 1. The van der Waals surface area contributed by atoms with E-state index in [1.54, 1.807) is 24.4 Å². The molecule has 3 aromatic heterocycles. The molecule has 1 saturated heterocycles. The quantitative estimate of drug-likeness (QED) is 0.399. The van der Waals surface area contributed by atoms with Crippen molar-refractivity contribution in [2.45, 2.75) is 25.9 Å². The number of hydrogen-bond donors (Lipinski definition) is 3. The van der Waals surface area contributed by atoms with E-state index in [0.717, 1.165) is 37.2 Å². The van der Waals surface area contributed by atoms with Gasteiger partial charge < -0.3 is 25.0 Å². The van der Waals surface area contributed by atoms with Gasteiger partial charge in [-0.3, -0.25) is 4.79 Å². The van der Waals surface area contributed by atoms with Crippen LogP contribution in [0.1, 0.15) is 18.4 Å². The minimum absolute atomic E-state index is 0.244. The first-order valence-corrected chi connectivity index (χ1v) is 11.5. The highest BCUT2D eigenvalue weighted by atomic mass is 19.1. The van der Waals surface area contributed by atoms with Crippen molar-refractivity contribution in [3.05, 3.63) is 70.5 Å². The van der Waals surface area contributed by atoms with Gasteiger partial charge in [-0.2, -0.15) is 0 Å². The summed E-state index contributed by atoms with van der Waals surface area (Å²) in [6.45, 7) is 3.38. The van der Waals surface area contributed by atoms with Crippen LogP contribution in [-0.2, 0) is 0 Å². The minimum atomic E-state index is -0.468. The van der Waals surface area contributed by atoms with E-state index in [1.165, 1.54) is 19.4 Å². The average Bonchev–Trinajstić information content (AvgIpc) is 2.86. The fourth-order valence-corrected chi connectivity index (χ4v) is 4.42. The van der Waals surface area contributed by atoms with Gasteiger partial charge in [-0.05, 0) is 55.7 Å². The summed E-state index contributed by atoms with van der Waals surface area (Å²) in [5.41, 5.74) is 3.04. The molecule has 4 heterocycles. The number of nitrogens with one attached hydrogen (secondary N) is 2. The number of fused-ring (bicyclic) bond motifs is 1. The van der Waals surface area contributed by atoms with Crippen LogP contribution < -0.4 is 20.5 Å². The molecule has 9 heteroatoms. The summed E-state index contributed by atoms with van der Waals surface area (Å²) in [7, 11) is 1.50. The maximum Gasteiger partial charge on any atom is 0.259 e. The van der Waals surface area contributed by atoms with Crippen LogP contribution in [-0.4, -0.2) is 46.4 Å². The molecular weight excluding hydrogens is 449 g/mol. The van der Waals surface area contributed by atoms with Crippen LogP contribution in [0.5, 0.6) is 5.75 Å². The number of rotatable bonds is 5. The van der Waals surface area contributed by atoms with Crippen molar-refractivity contribution in [2.75, 3.05) is 30.4 Å². The van der Waals surface area contributed by atoms with E-state index in [0.29, 0.717) is 39.4 Å². The molecule has 0 radical (unpaired) electrons. The van der Waals surface area contributed by atoms with Gasteiger partial charge in [-0.25, -0.2) is 14.4 Å². The van der Waals surface area contributed by atoms with Gasteiger partial charge in [0, 0.05) is 30.9 Å². The molecule has 3 N–H and O–H groups in total. The maximum absolute atomic E-state index is 14.9. The van der Waals surface area contributed by atoms with Crippen LogP contribution in [0.15, 0.2) is 53.6 Å². The summed E-state index contributed by atoms with van der Waals surface area (Å²) in [5, 5.41) is 13.3. The molecule has 8 nitrogen and oxygen atoms in total. The van der Waals surface area contributed by atoms with Crippen LogP contribution >= 0.6 is 0 Å². The third-order valence-corrected chi connectivity index (χ3v) is 6.33. The zero-order chi connectivity index (χ0) is 24.5. The highest BCUT2D eigenvalue weighted by Gasteiger charge is 2.18. The van der Waals surface area contributed by atoms with Crippen LogP contribution in [0, 0.1) is 12.7 Å². The first-order chi connectivity index (χ1) is 16.9. The Morgan fingerprint density at radius 2 is 2.00 bits per heavy atom. The molecule has 0 amide bonds. The second-order valence-corrected chi connectivity index (χ2v) is 8.67. The molecule has 0 aliphatic carbocycles. The molecule has 0 spiro atoms. The molecule has 1 aliphatic heterocycles. The lowest BCUT2D eigenvalue weighted by molar-refractivity contribution is 0.145. The fourth-order valence-electron chi connectivity index (χ4n) is 4.42. The van der Waals surface area contributed by atoms with Crippen LogP contribution in [0.3, 0.4) is 0 Å². The highest BCUT2D eigenvalue weighted by Crippen LogP contribution is 2.33. The van der Waals surface area contributed by atoms with Gasteiger partial charge in [0.15, 0.2) is 0 Å². The topological polar surface area (TPSA) is 103 Å². The molecule has 4 aromatic rings. The van der Waals surface area contributed by atoms with Crippen LogP contribution in [0.4, 0.5) is 21.6 Å². The fraction of sp³-hybridized carbons (Fsp3) is 0.269. The Labute approximate surface area is 201 Å². The lowest BCUT2D eigenvalue weighted by Crippen LogP contribution is -2.35. The Morgan fingerprint density at radius 3 is 2.71 bits per heavy atom. The van der Waals surface area contributed by atoms with Crippen molar-refractivity contribution < 1.29 is 14.2 Å². The number of aryl methyl sites for hydroxylation is 1. The summed E-state index contributed by atoms with van der Waals surface area (Å²) in [4.78, 5) is 26.6. The number of H-pyrrole nitrogens is 1. The first-order valence-electron chi connectivity index (χ1n) is 11.5. The zero-order valence-electron chi connectivity index (χ0n) is 19.5. The van der Waals surface area contributed by atoms with Crippen molar-refractivity contribution in [2.24, 2.45) is 0 Å². The number of aliphatic hydroxyl groups is 1. The summed E-state index contributed by atoms with van der Waals surface area (Å²) in [6, 6.07) is 10.1. The van der Waals surface area contributed by atoms with E-state index in [-0.39, 0.29) is 11.7 Å². The number of piperidine rings is 1. The molecule has 5 rings (SSSR count). The van der Waals surface area contributed by atoms with Gasteiger partial charge >= 0.3 is 0 Å². The first kappa shape index (κ1) is 22.8. The number of aliphatic hydroxyl groups excluding tert-OH is 1. The molecule has 180 valence electrons. The van der Waals surface area contributed by atoms with E-state index in [1.807, 2.05) is 19.1 Å². The van der Waals surface area contributed by atoms with E-state index in [9.17, 15) is 14.3 Å². The maximum atomic E-state index is 14.9. The predicted octanol–water partition coefficient (Wildman–Crippen LogP) is 4.15. The number of aromatic amines is 1.